The average molecular weight is 313 g/mol. The molecule has 2 rings (SSSR count). The molecule has 0 aromatic heterocycles. The van der Waals surface area contributed by atoms with E-state index in [-0.39, 0.29) is 0 Å². The van der Waals surface area contributed by atoms with Crippen LogP contribution in [0.15, 0.2) is 29.2 Å². The molecule has 4 nitrogen and oxygen atoms in total. The molecule has 1 saturated heterocycles. The summed E-state index contributed by atoms with van der Waals surface area (Å²) < 4.78 is 76.0. The molecule has 0 radical (unpaired) electrons. The van der Waals surface area contributed by atoms with Gasteiger partial charge in [0, 0.05) is 13.0 Å². The fraction of sp³-hybridized carbons (Fsp3) is 0.455. The first-order valence-corrected chi connectivity index (χ1v) is 7.06. The third-order valence-corrected chi connectivity index (χ3v) is 5.07. The minimum Gasteiger partial charge on any atom is -0.379 e. The van der Waals surface area contributed by atoms with Gasteiger partial charge in [-0.1, -0.05) is 12.1 Å². The van der Waals surface area contributed by atoms with E-state index < -0.39 is 52.0 Å². The second-order valence-electron chi connectivity index (χ2n) is 4.55. The molecule has 0 unspecified atom stereocenters. The smallest absolute Gasteiger partial charge is 0.379 e. The maximum atomic E-state index is 13.5. The van der Waals surface area contributed by atoms with Gasteiger partial charge in [0.2, 0.25) is 10.0 Å². The summed E-state index contributed by atoms with van der Waals surface area (Å²) in [5.74, 6) is -1.05. The van der Waals surface area contributed by atoms with Crippen molar-refractivity contribution in [3.63, 3.8) is 0 Å². The highest BCUT2D eigenvalue weighted by Gasteiger charge is 2.59. The summed E-state index contributed by atoms with van der Waals surface area (Å²) in [6.45, 7) is -1.65. The summed E-state index contributed by atoms with van der Waals surface area (Å²) in [6, 6.07) is 4.40. The Bertz CT molecular complexity index is 616. The molecule has 0 amide bonds. The van der Waals surface area contributed by atoms with Crippen LogP contribution in [-0.4, -0.2) is 42.7 Å². The number of alkyl halides is 3. The van der Waals surface area contributed by atoms with Gasteiger partial charge < -0.3 is 5.11 Å². The third-order valence-electron chi connectivity index (χ3n) is 3.19. The predicted octanol–water partition coefficient (Wildman–Crippen LogP) is 1.51. The molecule has 1 atom stereocenters. The standard InChI is InChI=1S/C11H11F4NO3S/c12-8-3-1-2-4-9(8)20(18,19)16-6-5-10(17,7-16)11(13,14)15/h1-4,17H,5-7H2/t10-/m1/s1. The van der Waals surface area contributed by atoms with Crippen LogP contribution in [0.3, 0.4) is 0 Å². The Morgan fingerprint density at radius 3 is 2.35 bits per heavy atom. The highest BCUT2D eigenvalue weighted by molar-refractivity contribution is 7.89. The normalized spacial score (nSPS) is 25.1. The van der Waals surface area contributed by atoms with Crippen molar-refractivity contribution in [2.24, 2.45) is 0 Å². The van der Waals surface area contributed by atoms with E-state index in [0.717, 1.165) is 12.1 Å². The van der Waals surface area contributed by atoms with Crippen molar-refractivity contribution < 1.29 is 31.1 Å². The zero-order valence-corrected chi connectivity index (χ0v) is 10.9. The minimum absolute atomic E-state index is 0.443. The first kappa shape index (κ1) is 15.2. The van der Waals surface area contributed by atoms with Crippen LogP contribution < -0.4 is 0 Å². The molecule has 1 aliphatic heterocycles. The Morgan fingerprint density at radius 1 is 1.25 bits per heavy atom. The lowest BCUT2D eigenvalue weighted by atomic mass is 10.0. The molecule has 0 bridgehead atoms. The fourth-order valence-electron chi connectivity index (χ4n) is 1.99. The molecule has 1 heterocycles. The van der Waals surface area contributed by atoms with Gasteiger partial charge in [-0.25, -0.2) is 12.8 Å². The van der Waals surface area contributed by atoms with Crippen LogP contribution in [0.25, 0.3) is 0 Å². The molecular weight excluding hydrogens is 302 g/mol. The van der Waals surface area contributed by atoms with Gasteiger partial charge in [-0.2, -0.15) is 17.5 Å². The minimum atomic E-state index is -4.94. The van der Waals surface area contributed by atoms with Gasteiger partial charge in [-0.15, -0.1) is 0 Å². The van der Waals surface area contributed by atoms with Crippen LogP contribution in [0.2, 0.25) is 0 Å². The molecule has 0 saturated carbocycles. The van der Waals surface area contributed by atoms with Crippen molar-refractivity contribution in [2.45, 2.75) is 23.1 Å². The summed E-state index contributed by atoms with van der Waals surface area (Å²) in [5, 5.41) is 9.45. The number of benzene rings is 1. The Morgan fingerprint density at radius 2 is 1.85 bits per heavy atom. The second kappa shape index (κ2) is 4.68. The van der Waals surface area contributed by atoms with E-state index in [9.17, 15) is 31.1 Å². The number of halogens is 4. The zero-order valence-electron chi connectivity index (χ0n) is 10.1. The van der Waals surface area contributed by atoms with Crippen molar-refractivity contribution in [3.05, 3.63) is 30.1 Å². The molecule has 1 fully saturated rings. The van der Waals surface area contributed by atoms with E-state index in [4.69, 9.17) is 0 Å². The quantitative estimate of drug-likeness (QED) is 0.842. The maximum absolute atomic E-state index is 13.5. The highest BCUT2D eigenvalue weighted by atomic mass is 32.2. The molecule has 9 heteroatoms. The summed E-state index contributed by atoms with van der Waals surface area (Å²) >= 11 is 0. The van der Waals surface area contributed by atoms with Gasteiger partial charge in [-0.05, 0) is 12.1 Å². The van der Waals surface area contributed by atoms with E-state index in [1.165, 1.54) is 12.1 Å². The lowest BCUT2D eigenvalue weighted by Crippen LogP contribution is -2.48. The van der Waals surface area contributed by atoms with Crippen molar-refractivity contribution in [2.75, 3.05) is 13.1 Å². The van der Waals surface area contributed by atoms with Crippen molar-refractivity contribution in [1.82, 2.24) is 4.31 Å². The van der Waals surface area contributed by atoms with Crippen LogP contribution in [0, 0.1) is 5.82 Å². The van der Waals surface area contributed by atoms with Gasteiger partial charge in [-0.3, -0.25) is 0 Å². The van der Waals surface area contributed by atoms with Gasteiger partial charge >= 0.3 is 6.18 Å². The van der Waals surface area contributed by atoms with Gasteiger partial charge in [0.1, 0.15) is 10.7 Å². The Balaban J connectivity index is 2.33. The third kappa shape index (κ3) is 2.40. The molecule has 0 aliphatic carbocycles. The van der Waals surface area contributed by atoms with E-state index in [1.807, 2.05) is 0 Å². The molecule has 1 N–H and O–H groups in total. The van der Waals surface area contributed by atoms with E-state index in [0.29, 0.717) is 4.31 Å². The molecule has 1 aromatic carbocycles. The summed E-state index contributed by atoms with van der Waals surface area (Å²) in [4.78, 5) is -0.702. The van der Waals surface area contributed by atoms with Crippen LogP contribution in [0.5, 0.6) is 0 Å². The van der Waals surface area contributed by atoms with E-state index >= 15 is 0 Å². The lowest BCUT2D eigenvalue weighted by Gasteiger charge is -2.25. The number of β-amino-alcohol motifs (C(OH)–C–C–N with tert-alkyl or cyclic N) is 1. The van der Waals surface area contributed by atoms with Crippen LogP contribution in [0.4, 0.5) is 17.6 Å². The zero-order chi connectivity index (χ0) is 15.2. The molecular formula is C11H11F4NO3S. The van der Waals surface area contributed by atoms with Crippen LogP contribution >= 0.6 is 0 Å². The average Bonchev–Trinajstić information content (AvgIpc) is 2.74. The SMILES string of the molecule is O=S(=O)(c1ccccc1F)N1CC[C@](O)(C(F)(F)F)C1. The maximum Gasteiger partial charge on any atom is 0.418 e. The van der Waals surface area contributed by atoms with Gasteiger partial charge in [0.25, 0.3) is 0 Å². The summed E-state index contributed by atoms with van der Waals surface area (Å²) in [5.41, 5.74) is -3.09. The second-order valence-corrected chi connectivity index (χ2v) is 6.45. The first-order chi connectivity index (χ1) is 9.08. The number of hydrogen-bond acceptors (Lipinski definition) is 3. The lowest BCUT2D eigenvalue weighted by molar-refractivity contribution is -0.252. The van der Waals surface area contributed by atoms with Crippen molar-refractivity contribution >= 4 is 10.0 Å². The van der Waals surface area contributed by atoms with Crippen LogP contribution in [0.1, 0.15) is 6.42 Å². The molecule has 20 heavy (non-hydrogen) atoms. The molecule has 0 spiro atoms. The monoisotopic (exact) mass is 313 g/mol. The number of aliphatic hydroxyl groups is 1. The van der Waals surface area contributed by atoms with E-state index in [2.05, 4.69) is 0 Å². The molecule has 112 valence electrons. The largest absolute Gasteiger partial charge is 0.418 e. The van der Waals surface area contributed by atoms with Crippen molar-refractivity contribution in [3.8, 4) is 0 Å². The topological polar surface area (TPSA) is 57.6 Å². The number of sulfonamides is 1. The Kier molecular flexibility index (Phi) is 3.55. The summed E-state index contributed by atoms with van der Waals surface area (Å²) in [7, 11) is -4.40. The Hall–Kier alpha value is -1.19. The Labute approximate surface area is 112 Å². The van der Waals surface area contributed by atoms with Crippen molar-refractivity contribution in [1.29, 1.82) is 0 Å². The van der Waals surface area contributed by atoms with Crippen LogP contribution in [-0.2, 0) is 10.0 Å². The van der Waals surface area contributed by atoms with Gasteiger partial charge in [0.05, 0.1) is 6.54 Å². The fourth-order valence-corrected chi connectivity index (χ4v) is 3.55. The molecule has 1 aromatic rings. The molecule has 1 aliphatic rings. The first-order valence-electron chi connectivity index (χ1n) is 5.62. The number of nitrogens with zero attached hydrogens (tertiary/aromatic N) is 1. The highest BCUT2D eigenvalue weighted by Crippen LogP contribution is 2.39. The number of rotatable bonds is 2. The summed E-state index contributed by atoms with van der Waals surface area (Å²) in [6.07, 6.45) is -5.71. The van der Waals surface area contributed by atoms with Gasteiger partial charge in [0.15, 0.2) is 5.60 Å². The number of hydrogen-bond donors (Lipinski definition) is 1. The van der Waals surface area contributed by atoms with E-state index in [1.54, 1.807) is 0 Å². The predicted molar refractivity (Wildman–Crippen MR) is 60.8 cm³/mol.